The lowest BCUT2D eigenvalue weighted by Crippen LogP contribution is -2.34. The van der Waals surface area contributed by atoms with E-state index in [0.717, 1.165) is 31.1 Å². The lowest BCUT2D eigenvalue weighted by atomic mass is 10.0. The highest BCUT2D eigenvalue weighted by atomic mass is 16.5. The van der Waals surface area contributed by atoms with Crippen molar-refractivity contribution in [2.45, 2.75) is 39.3 Å². The number of carbonyl (C=O) groups excluding carboxylic acids is 1. The fourth-order valence-corrected chi connectivity index (χ4v) is 3.18. The summed E-state index contributed by atoms with van der Waals surface area (Å²) in [7, 11) is 0. The van der Waals surface area contributed by atoms with Gasteiger partial charge in [-0.25, -0.2) is 0 Å². The number of rotatable bonds is 6. The summed E-state index contributed by atoms with van der Waals surface area (Å²) in [4.78, 5) is 14.1. The minimum atomic E-state index is -0.442. The fourth-order valence-electron chi connectivity index (χ4n) is 3.18. The van der Waals surface area contributed by atoms with Gasteiger partial charge in [0.25, 0.3) is 5.91 Å². The van der Waals surface area contributed by atoms with Crippen LogP contribution in [0.3, 0.4) is 0 Å². The van der Waals surface area contributed by atoms with Gasteiger partial charge >= 0.3 is 0 Å². The van der Waals surface area contributed by atoms with Crippen LogP contribution < -0.4 is 10.1 Å². The van der Waals surface area contributed by atoms with Gasteiger partial charge in [0.1, 0.15) is 5.75 Å². The minimum Gasteiger partial charge on any atom is -0.479 e. The number of anilines is 1. The van der Waals surface area contributed by atoms with Gasteiger partial charge in [0.2, 0.25) is 0 Å². The van der Waals surface area contributed by atoms with Gasteiger partial charge in [0, 0.05) is 13.1 Å². The van der Waals surface area contributed by atoms with Crippen LogP contribution in [0.2, 0.25) is 0 Å². The van der Waals surface area contributed by atoms with Crippen LogP contribution in [0.4, 0.5) is 5.69 Å². The molecule has 0 spiro atoms. The summed E-state index contributed by atoms with van der Waals surface area (Å²) >= 11 is 0. The topological polar surface area (TPSA) is 41.6 Å². The van der Waals surface area contributed by atoms with Gasteiger partial charge in [0.15, 0.2) is 6.10 Å². The number of nitrogens with one attached hydrogen (secondary N) is 1. The number of amides is 1. The molecule has 0 fully saturated rings. The third kappa shape index (κ3) is 4.20. The van der Waals surface area contributed by atoms with Gasteiger partial charge in [-0.2, -0.15) is 0 Å². The molecule has 2 aromatic rings. The molecule has 1 aliphatic heterocycles. The van der Waals surface area contributed by atoms with Crippen LogP contribution in [0, 0.1) is 0 Å². The summed E-state index contributed by atoms with van der Waals surface area (Å²) in [6.45, 7) is 9.09. The standard InChI is InChI=1S/C21H26N2O2/c1-4-23(13-15(2)18-8-6-5-7-9-18)14-17-10-11-19-20(12-17)25-16(3)21(24)22-19/h5-12,15-16H,4,13-14H2,1-3H3,(H,22,24). The molecule has 0 saturated carbocycles. The summed E-state index contributed by atoms with van der Waals surface area (Å²) in [5.74, 6) is 1.15. The monoisotopic (exact) mass is 338 g/mol. The first-order valence-corrected chi connectivity index (χ1v) is 8.94. The zero-order valence-electron chi connectivity index (χ0n) is 15.2. The molecule has 1 amide bonds. The van der Waals surface area contributed by atoms with E-state index in [0.29, 0.717) is 5.92 Å². The molecule has 0 saturated heterocycles. The van der Waals surface area contributed by atoms with Crippen molar-refractivity contribution in [3.63, 3.8) is 0 Å². The second kappa shape index (κ2) is 7.70. The summed E-state index contributed by atoms with van der Waals surface area (Å²) in [5, 5.41) is 2.88. The van der Waals surface area contributed by atoms with E-state index in [1.807, 2.05) is 12.1 Å². The van der Waals surface area contributed by atoms with E-state index in [-0.39, 0.29) is 5.91 Å². The molecule has 0 bridgehead atoms. The van der Waals surface area contributed by atoms with Crippen LogP contribution in [0.25, 0.3) is 0 Å². The van der Waals surface area contributed by atoms with Crippen molar-refractivity contribution in [2.75, 3.05) is 18.4 Å². The molecule has 25 heavy (non-hydrogen) atoms. The van der Waals surface area contributed by atoms with Crippen LogP contribution in [-0.4, -0.2) is 30.0 Å². The molecule has 1 heterocycles. The molecule has 0 aromatic heterocycles. The highest BCUT2D eigenvalue weighted by Gasteiger charge is 2.23. The van der Waals surface area contributed by atoms with E-state index < -0.39 is 6.10 Å². The predicted molar refractivity (Wildman–Crippen MR) is 101 cm³/mol. The highest BCUT2D eigenvalue weighted by molar-refractivity contribution is 5.97. The van der Waals surface area contributed by atoms with Crippen molar-refractivity contribution >= 4 is 11.6 Å². The lowest BCUT2D eigenvalue weighted by molar-refractivity contribution is -0.122. The van der Waals surface area contributed by atoms with Gasteiger partial charge in [0.05, 0.1) is 5.69 Å². The first kappa shape index (κ1) is 17.5. The van der Waals surface area contributed by atoms with Crippen LogP contribution in [0.5, 0.6) is 5.75 Å². The van der Waals surface area contributed by atoms with E-state index in [4.69, 9.17) is 4.74 Å². The average Bonchev–Trinajstić information content (AvgIpc) is 2.63. The Kier molecular flexibility index (Phi) is 5.39. The van der Waals surface area contributed by atoms with E-state index in [2.05, 4.69) is 60.5 Å². The fraction of sp³-hybridized carbons (Fsp3) is 0.381. The summed E-state index contributed by atoms with van der Waals surface area (Å²) < 4.78 is 5.72. The zero-order valence-corrected chi connectivity index (χ0v) is 15.2. The van der Waals surface area contributed by atoms with E-state index >= 15 is 0 Å². The zero-order chi connectivity index (χ0) is 17.8. The quantitative estimate of drug-likeness (QED) is 0.864. The van der Waals surface area contributed by atoms with E-state index in [1.54, 1.807) is 6.92 Å². The normalized spacial score (nSPS) is 17.6. The molecule has 0 radical (unpaired) electrons. The summed E-state index contributed by atoms with van der Waals surface area (Å²) in [6.07, 6.45) is -0.442. The molecule has 132 valence electrons. The maximum atomic E-state index is 11.7. The van der Waals surface area contributed by atoms with Crippen LogP contribution in [-0.2, 0) is 11.3 Å². The molecular formula is C21H26N2O2. The predicted octanol–water partition coefficient (Wildman–Crippen LogP) is 4.03. The van der Waals surface area contributed by atoms with Crippen LogP contribution >= 0.6 is 0 Å². The van der Waals surface area contributed by atoms with Crippen molar-refractivity contribution in [2.24, 2.45) is 0 Å². The molecule has 4 nitrogen and oxygen atoms in total. The molecule has 2 aromatic carbocycles. The number of nitrogens with zero attached hydrogens (tertiary/aromatic N) is 1. The Morgan fingerprint density at radius 2 is 1.96 bits per heavy atom. The first-order valence-electron chi connectivity index (χ1n) is 8.94. The highest BCUT2D eigenvalue weighted by Crippen LogP contribution is 2.31. The Labute approximate surface area is 149 Å². The molecule has 2 unspecified atom stereocenters. The maximum absolute atomic E-state index is 11.7. The Morgan fingerprint density at radius 3 is 2.68 bits per heavy atom. The third-order valence-corrected chi connectivity index (χ3v) is 4.73. The van der Waals surface area contributed by atoms with Crippen molar-refractivity contribution in [3.8, 4) is 5.75 Å². The Bertz CT molecular complexity index is 730. The van der Waals surface area contributed by atoms with Crippen molar-refractivity contribution in [1.82, 2.24) is 4.90 Å². The van der Waals surface area contributed by atoms with Gasteiger partial charge in [-0.1, -0.05) is 50.2 Å². The SMILES string of the molecule is CCN(Cc1ccc2c(c1)OC(C)C(=O)N2)CC(C)c1ccccc1. The number of hydrogen-bond acceptors (Lipinski definition) is 3. The Hall–Kier alpha value is -2.33. The molecule has 1 N–H and O–H groups in total. The molecule has 1 aliphatic rings. The van der Waals surface area contributed by atoms with Gasteiger partial charge < -0.3 is 10.1 Å². The molecule has 2 atom stereocenters. The molecule has 0 aliphatic carbocycles. The van der Waals surface area contributed by atoms with Crippen molar-refractivity contribution in [1.29, 1.82) is 0 Å². The van der Waals surface area contributed by atoms with Crippen molar-refractivity contribution < 1.29 is 9.53 Å². The van der Waals surface area contributed by atoms with Crippen LogP contribution in [0.15, 0.2) is 48.5 Å². The number of benzene rings is 2. The summed E-state index contributed by atoms with van der Waals surface area (Å²) in [5.41, 5.74) is 3.32. The Morgan fingerprint density at radius 1 is 1.20 bits per heavy atom. The third-order valence-electron chi connectivity index (χ3n) is 4.73. The number of likely N-dealkylation sites (N-methyl/N-ethyl adjacent to an activating group) is 1. The second-order valence-electron chi connectivity index (χ2n) is 6.72. The first-order chi connectivity index (χ1) is 12.1. The largest absolute Gasteiger partial charge is 0.479 e. The van der Waals surface area contributed by atoms with E-state index in [1.165, 1.54) is 11.1 Å². The lowest BCUT2D eigenvalue weighted by Gasteiger charge is -2.27. The number of carbonyl (C=O) groups is 1. The van der Waals surface area contributed by atoms with Gasteiger partial charge in [-0.05, 0) is 42.6 Å². The Balaban J connectivity index is 1.68. The van der Waals surface area contributed by atoms with Crippen LogP contribution in [0.1, 0.15) is 37.8 Å². The minimum absolute atomic E-state index is 0.0906. The molecule has 3 rings (SSSR count). The number of hydrogen-bond donors (Lipinski definition) is 1. The average molecular weight is 338 g/mol. The molecular weight excluding hydrogens is 312 g/mol. The maximum Gasteiger partial charge on any atom is 0.265 e. The smallest absolute Gasteiger partial charge is 0.265 e. The van der Waals surface area contributed by atoms with Gasteiger partial charge in [-0.15, -0.1) is 0 Å². The second-order valence-corrected chi connectivity index (χ2v) is 6.72. The van der Waals surface area contributed by atoms with E-state index in [9.17, 15) is 4.79 Å². The number of ether oxygens (including phenoxy) is 1. The van der Waals surface area contributed by atoms with Gasteiger partial charge in [-0.3, -0.25) is 9.69 Å². The number of fused-ring (bicyclic) bond motifs is 1. The molecule has 4 heteroatoms. The van der Waals surface area contributed by atoms with Crippen molar-refractivity contribution in [3.05, 3.63) is 59.7 Å². The summed E-state index contributed by atoms with van der Waals surface area (Å²) in [6, 6.07) is 16.7.